The smallest absolute Gasteiger partial charge is 0.220 e. The first-order valence-corrected chi connectivity index (χ1v) is 12.1. The van der Waals surface area contributed by atoms with Crippen LogP contribution in [0.3, 0.4) is 0 Å². The number of methoxy groups -OCH3 is 1. The predicted octanol–water partition coefficient (Wildman–Crippen LogP) is 6.07. The average Bonchev–Trinajstić information content (AvgIpc) is 3.23. The fraction of sp³-hybridized carbons (Fsp3) is 0.200. The molecule has 0 aliphatic rings. The van der Waals surface area contributed by atoms with E-state index in [9.17, 15) is 14.5 Å². The Labute approximate surface area is 216 Å². The van der Waals surface area contributed by atoms with E-state index in [1.165, 1.54) is 31.0 Å². The highest BCUT2D eigenvalue weighted by atomic mass is 35.5. The van der Waals surface area contributed by atoms with Gasteiger partial charge < -0.3 is 9.47 Å². The van der Waals surface area contributed by atoms with Gasteiger partial charge in [0.05, 0.1) is 7.11 Å². The van der Waals surface area contributed by atoms with Crippen molar-refractivity contribution < 1.29 is 18.8 Å². The number of ether oxygens (including phenoxy) is 2. The Kier molecular flexibility index (Phi) is 8.07. The summed E-state index contributed by atoms with van der Waals surface area (Å²) in [6.07, 6.45) is 0. The summed E-state index contributed by atoms with van der Waals surface area (Å²) >= 11 is 7.26. The highest BCUT2D eigenvalue weighted by Crippen LogP contribution is 2.39. The summed E-state index contributed by atoms with van der Waals surface area (Å²) in [6, 6.07) is 18.4. The van der Waals surface area contributed by atoms with E-state index in [-0.39, 0.29) is 23.9 Å². The van der Waals surface area contributed by atoms with E-state index in [1.807, 2.05) is 23.6 Å². The van der Waals surface area contributed by atoms with Crippen LogP contribution in [-0.4, -0.2) is 33.3 Å². The summed E-state index contributed by atoms with van der Waals surface area (Å²) in [6.45, 7) is 1.69. The molecule has 0 aliphatic heterocycles. The molecule has 1 aromatic heterocycles. The SMILES string of the molecule is COc1cc([C@H](C[N+](=O)[O-])Sc2nnc(C)n2-c2ccc(Cl)cc2)ccc1OCc1ccc(F)cc1. The molecule has 0 bridgehead atoms. The first kappa shape index (κ1) is 25.5. The lowest BCUT2D eigenvalue weighted by molar-refractivity contribution is -0.479. The van der Waals surface area contributed by atoms with Crippen molar-refractivity contribution in [1.29, 1.82) is 0 Å². The number of benzene rings is 3. The lowest BCUT2D eigenvalue weighted by Gasteiger charge is -2.17. The zero-order valence-corrected chi connectivity index (χ0v) is 21.0. The first-order chi connectivity index (χ1) is 17.3. The molecule has 1 atom stereocenters. The number of halogens is 2. The van der Waals surface area contributed by atoms with E-state index in [1.54, 1.807) is 42.5 Å². The Balaban J connectivity index is 1.59. The molecule has 0 amide bonds. The van der Waals surface area contributed by atoms with Crippen LogP contribution in [0.5, 0.6) is 11.5 Å². The van der Waals surface area contributed by atoms with Crippen LogP contribution in [0.2, 0.25) is 5.02 Å². The molecule has 0 N–H and O–H groups in total. The van der Waals surface area contributed by atoms with Gasteiger partial charge in [-0.25, -0.2) is 4.39 Å². The summed E-state index contributed by atoms with van der Waals surface area (Å²) in [5.41, 5.74) is 2.26. The molecule has 1 heterocycles. The van der Waals surface area contributed by atoms with Gasteiger partial charge in [-0.05, 0) is 66.6 Å². The molecule has 0 saturated heterocycles. The highest BCUT2D eigenvalue weighted by Gasteiger charge is 2.25. The molecule has 0 fully saturated rings. The summed E-state index contributed by atoms with van der Waals surface area (Å²) in [5.74, 6) is 1.22. The van der Waals surface area contributed by atoms with Gasteiger partial charge in [0.25, 0.3) is 0 Å². The van der Waals surface area contributed by atoms with Gasteiger partial charge in [-0.15, -0.1) is 10.2 Å². The highest BCUT2D eigenvalue weighted by molar-refractivity contribution is 7.99. The lowest BCUT2D eigenvalue weighted by atomic mass is 10.1. The Hall–Kier alpha value is -3.63. The van der Waals surface area contributed by atoms with Gasteiger partial charge in [0.2, 0.25) is 6.54 Å². The molecule has 0 radical (unpaired) electrons. The normalized spacial score (nSPS) is 11.8. The van der Waals surface area contributed by atoms with Crippen molar-refractivity contribution >= 4 is 23.4 Å². The van der Waals surface area contributed by atoms with Crippen LogP contribution in [0, 0.1) is 22.9 Å². The Bertz CT molecular complexity index is 1350. The molecule has 186 valence electrons. The maximum Gasteiger partial charge on any atom is 0.220 e. The van der Waals surface area contributed by atoms with E-state index < -0.39 is 5.25 Å². The molecule has 0 saturated carbocycles. The van der Waals surface area contributed by atoms with Crippen LogP contribution in [0.25, 0.3) is 5.69 Å². The average molecular weight is 529 g/mol. The predicted molar refractivity (Wildman–Crippen MR) is 135 cm³/mol. The molecular weight excluding hydrogens is 507 g/mol. The fourth-order valence-corrected chi connectivity index (χ4v) is 4.82. The second-order valence-electron chi connectivity index (χ2n) is 7.79. The van der Waals surface area contributed by atoms with E-state index in [4.69, 9.17) is 21.1 Å². The molecule has 0 aliphatic carbocycles. The van der Waals surface area contributed by atoms with Gasteiger partial charge in [-0.1, -0.05) is 41.6 Å². The van der Waals surface area contributed by atoms with Crippen LogP contribution in [0.1, 0.15) is 22.2 Å². The Morgan fingerprint density at radius 3 is 2.47 bits per heavy atom. The van der Waals surface area contributed by atoms with Crippen molar-refractivity contribution in [2.24, 2.45) is 0 Å². The van der Waals surface area contributed by atoms with Crippen molar-refractivity contribution in [1.82, 2.24) is 14.8 Å². The minimum Gasteiger partial charge on any atom is -0.493 e. The molecular formula is C25H22ClFN4O4S. The zero-order valence-electron chi connectivity index (χ0n) is 19.4. The summed E-state index contributed by atoms with van der Waals surface area (Å²) in [4.78, 5) is 11.2. The third-order valence-electron chi connectivity index (χ3n) is 5.31. The Morgan fingerprint density at radius 2 is 1.81 bits per heavy atom. The minimum atomic E-state index is -0.574. The fourth-order valence-electron chi connectivity index (χ4n) is 3.53. The quantitative estimate of drug-likeness (QED) is 0.140. The molecule has 8 nitrogen and oxygen atoms in total. The molecule has 36 heavy (non-hydrogen) atoms. The van der Waals surface area contributed by atoms with Crippen LogP contribution < -0.4 is 9.47 Å². The third kappa shape index (κ3) is 6.13. The summed E-state index contributed by atoms with van der Waals surface area (Å²) in [5, 5.41) is 20.5. The summed E-state index contributed by atoms with van der Waals surface area (Å²) < 4.78 is 26.3. The number of nitrogens with zero attached hydrogens (tertiary/aromatic N) is 4. The van der Waals surface area contributed by atoms with Crippen molar-refractivity contribution in [3.05, 3.63) is 105 Å². The number of aromatic nitrogens is 3. The molecule has 11 heteroatoms. The van der Waals surface area contributed by atoms with Crippen LogP contribution >= 0.6 is 23.4 Å². The van der Waals surface area contributed by atoms with Crippen LogP contribution in [-0.2, 0) is 6.61 Å². The number of rotatable bonds is 10. The third-order valence-corrected chi connectivity index (χ3v) is 6.74. The zero-order chi connectivity index (χ0) is 25.7. The molecule has 0 unspecified atom stereocenters. The second-order valence-corrected chi connectivity index (χ2v) is 9.40. The second kappa shape index (κ2) is 11.4. The van der Waals surface area contributed by atoms with Crippen molar-refractivity contribution in [2.75, 3.05) is 13.7 Å². The number of aryl methyl sites for hydroxylation is 1. The van der Waals surface area contributed by atoms with Crippen molar-refractivity contribution in [3.8, 4) is 17.2 Å². The Morgan fingerprint density at radius 1 is 1.08 bits per heavy atom. The number of nitro groups is 1. The lowest BCUT2D eigenvalue weighted by Crippen LogP contribution is -2.11. The number of thioether (sulfide) groups is 1. The molecule has 4 aromatic rings. The molecule has 0 spiro atoms. The van der Waals surface area contributed by atoms with Crippen molar-refractivity contribution in [3.63, 3.8) is 0 Å². The van der Waals surface area contributed by atoms with Gasteiger partial charge >= 0.3 is 0 Å². The monoisotopic (exact) mass is 528 g/mol. The van der Waals surface area contributed by atoms with E-state index in [0.717, 1.165) is 11.3 Å². The van der Waals surface area contributed by atoms with Gasteiger partial charge in [0.1, 0.15) is 23.5 Å². The van der Waals surface area contributed by atoms with Crippen LogP contribution in [0.4, 0.5) is 4.39 Å². The maximum absolute atomic E-state index is 13.1. The topological polar surface area (TPSA) is 92.3 Å². The molecule has 3 aromatic carbocycles. The molecule has 4 rings (SSSR count). The van der Waals surface area contributed by atoms with E-state index in [2.05, 4.69) is 10.2 Å². The number of hydrogen-bond donors (Lipinski definition) is 0. The van der Waals surface area contributed by atoms with E-state index >= 15 is 0 Å². The van der Waals surface area contributed by atoms with E-state index in [0.29, 0.717) is 33.1 Å². The van der Waals surface area contributed by atoms with Crippen LogP contribution in [0.15, 0.2) is 71.9 Å². The largest absolute Gasteiger partial charge is 0.493 e. The first-order valence-electron chi connectivity index (χ1n) is 10.9. The van der Waals surface area contributed by atoms with Gasteiger partial charge in [0.15, 0.2) is 16.7 Å². The van der Waals surface area contributed by atoms with Crippen molar-refractivity contribution in [2.45, 2.75) is 23.9 Å². The summed E-state index contributed by atoms with van der Waals surface area (Å²) in [7, 11) is 1.50. The standard InChI is InChI=1S/C25H22ClFN4O4S/c1-16-28-29-25(31(16)21-10-6-19(26)7-11-21)36-24(14-30(32)33)18-5-12-22(23(13-18)34-2)35-15-17-3-8-20(27)9-4-17/h3-13,24H,14-15H2,1-2H3/t24-/m0/s1. The maximum atomic E-state index is 13.1. The van der Waals surface area contributed by atoms with Gasteiger partial charge in [-0.2, -0.15) is 0 Å². The minimum absolute atomic E-state index is 0.215. The number of hydrogen-bond acceptors (Lipinski definition) is 7. The van der Waals surface area contributed by atoms with Gasteiger partial charge in [-0.3, -0.25) is 14.7 Å². The van der Waals surface area contributed by atoms with Gasteiger partial charge in [0, 0.05) is 15.6 Å².